The van der Waals surface area contributed by atoms with Gasteiger partial charge in [0.1, 0.15) is 11.8 Å². The summed E-state index contributed by atoms with van der Waals surface area (Å²) < 4.78 is 6.71. The lowest BCUT2D eigenvalue weighted by atomic mass is 10.1. The third-order valence-corrected chi connectivity index (χ3v) is 5.16. The minimum atomic E-state index is -0.603. The Bertz CT molecular complexity index is 838. The minimum Gasteiger partial charge on any atom is -0.483 e. The number of carbonyl (C=O) groups is 2. The van der Waals surface area contributed by atoms with E-state index in [1.54, 1.807) is 11.8 Å². The standard InChI is InChI=1S/C22H27BrN2O3/c1-5-24-22(27)17(4)25(13-18-9-7-10-19(23)12-18)21(26)14-28-20-11-6-8-15(2)16(20)3/h6-12,17H,5,13-14H2,1-4H3,(H,24,27). The first-order valence-electron chi connectivity index (χ1n) is 9.34. The third kappa shape index (κ3) is 5.83. The molecule has 0 aliphatic rings. The van der Waals surface area contributed by atoms with Gasteiger partial charge in [0.15, 0.2) is 6.61 Å². The zero-order valence-corrected chi connectivity index (χ0v) is 18.4. The van der Waals surface area contributed by atoms with E-state index in [9.17, 15) is 9.59 Å². The molecule has 0 aromatic heterocycles. The largest absolute Gasteiger partial charge is 0.483 e. The molecule has 5 nitrogen and oxygen atoms in total. The maximum atomic E-state index is 13.0. The van der Waals surface area contributed by atoms with Crippen molar-refractivity contribution in [2.45, 2.75) is 40.3 Å². The number of hydrogen-bond acceptors (Lipinski definition) is 3. The first-order valence-corrected chi connectivity index (χ1v) is 10.1. The van der Waals surface area contributed by atoms with E-state index in [1.807, 2.05) is 63.2 Å². The summed E-state index contributed by atoms with van der Waals surface area (Å²) in [6.45, 7) is 8.27. The molecule has 1 atom stereocenters. The Morgan fingerprint density at radius 3 is 2.57 bits per heavy atom. The highest BCUT2D eigenvalue weighted by atomic mass is 79.9. The average Bonchev–Trinajstić information content (AvgIpc) is 2.66. The van der Waals surface area contributed by atoms with Gasteiger partial charge in [0.05, 0.1) is 0 Å². The molecule has 2 aromatic carbocycles. The topological polar surface area (TPSA) is 58.6 Å². The lowest BCUT2D eigenvalue weighted by Gasteiger charge is -2.28. The molecule has 0 aliphatic heterocycles. The number of hydrogen-bond donors (Lipinski definition) is 1. The van der Waals surface area contributed by atoms with Crippen molar-refractivity contribution >= 4 is 27.7 Å². The van der Waals surface area contributed by atoms with E-state index in [4.69, 9.17) is 4.74 Å². The van der Waals surface area contributed by atoms with Crippen molar-refractivity contribution in [3.8, 4) is 5.75 Å². The molecule has 0 fully saturated rings. The van der Waals surface area contributed by atoms with Crippen molar-refractivity contribution in [3.05, 3.63) is 63.6 Å². The highest BCUT2D eigenvalue weighted by Gasteiger charge is 2.26. The van der Waals surface area contributed by atoms with Crippen molar-refractivity contribution in [1.29, 1.82) is 0 Å². The molecule has 0 aliphatic carbocycles. The van der Waals surface area contributed by atoms with Gasteiger partial charge >= 0.3 is 0 Å². The van der Waals surface area contributed by atoms with E-state index in [0.29, 0.717) is 18.8 Å². The lowest BCUT2D eigenvalue weighted by Crippen LogP contribution is -2.49. The maximum absolute atomic E-state index is 13.0. The normalized spacial score (nSPS) is 11.6. The molecule has 1 N–H and O–H groups in total. The number of carbonyl (C=O) groups excluding carboxylic acids is 2. The highest BCUT2D eigenvalue weighted by Crippen LogP contribution is 2.21. The number of halogens is 1. The number of nitrogens with zero attached hydrogens (tertiary/aromatic N) is 1. The van der Waals surface area contributed by atoms with Gasteiger partial charge in [-0.25, -0.2) is 0 Å². The first kappa shape index (κ1) is 22.0. The van der Waals surface area contributed by atoms with E-state index < -0.39 is 6.04 Å². The van der Waals surface area contributed by atoms with E-state index in [1.165, 1.54) is 0 Å². The van der Waals surface area contributed by atoms with Gasteiger partial charge in [-0.15, -0.1) is 0 Å². The number of likely N-dealkylation sites (N-methyl/N-ethyl adjacent to an activating group) is 1. The number of benzene rings is 2. The second-order valence-electron chi connectivity index (χ2n) is 6.71. The molecule has 6 heteroatoms. The Morgan fingerprint density at radius 2 is 1.89 bits per heavy atom. The predicted octanol–water partition coefficient (Wildman–Crippen LogP) is 4.00. The number of ether oxygens (including phenoxy) is 1. The molecule has 0 saturated carbocycles. The highest BCUT2D eigenvalue weighted by molar-refractivity contribution is 9.10. The Labute approximate surface area is 175 Å². The second kappa shape index (κ2) is 10.3. The van der Waals surface area contributed by atoms with Crippen LogP contribution < -0.4 is 10.1 Å². The zero-order chi connectivity index (χ0) is 20.7. The molecule has 150 valence electrons. The summed E-state index contributed by atoms with van der Waals surface area (Å²) in [7, 11) is 0. The molecule has 0 radical (unpaired) electrons. The van der Waals surface area contributed by atoms with E-state index in [0.717, 1.165) is 21.2 Å². The van der Waals surface area contributed by atoms with Crippen LogP contribution in [0.3, 0.4) is 0 Å². The smallest absolute Gasteiger partial charge is 0.261 e. The molecule has 0 heterocycles. The second-order valence-corrected chi connectivity index (χ2v) is 7.62. The molecule has 1 unspecified atom stereocenters. The zero-order valence-electron chi connectivity index (χ0n) is 16.8. The summed E-state index contributed by atoms with van der Waals surface area (Å²) in [5, 5.41) is 2.79. The SMILES string of the molecule is CCNC(=O)C(C)N(Cc1cccc(Br)c1)C(=O)COc1cccc(C)c1C. The van der Waals surface area contributed by atoms with Crippen molar-refractivity contribution in [3.63, 3.8) is 0 Å². The van der Waals surface area contributed by atoms with Crippen LogP contribution in [0.25, 0.3) is 0 Å². The van der Waals surface area contributed by atoms with Crippen molar-refractivity contribution < 1.29 is 14.3 Å². The number of rotatable bonds is 8. The van der Waals surface area contributed by atoms with E-state index in [2.05, 4.69) is 21.2 Å². The Balaban J connectivity index is 2.17. The first-order chi connectivity index (χ1) is 13.3. The van der Waals surface area contributed by atoms with Crippen LogP contribution in [0.15, 0.2) is 46.9 Å². The van der Waals surface area contributed by atoms with Gasteiger partial charge in [0.2, 0.25) is 5.91 Å². The number of nitrogens with one attached hydrogen (secondary N) is 1. The maximum Gasteiger partial charge on any atom is 0.261 e. The summed E-state index contributed by atoms with van der Waals surface area (Å²) in [6, 6.07) is 12.9. The van der Waals surface area contributed by atoms with Crippen molar-refractivity contribution in [2.75, 3.05) is 13.2 Å². The fourth-order valence-corrected chi connectivity index (χ4v) is 3.29. The molecule has 2 rings (SSSR count). The van der Waals surface area contributed by atoms with Gasteiger partial charge in [-0.1, -0.05) is 40.2 Å². The van der Waals surface area contributed by atoms with Gasteiger partial charge < -0.3 is 15.0 Å². The lowest BCUT2D eigenvalue weighted by molar-refractivity contribution is -0.142. The van der Waals surface area contributed by atoms with Crippen LogP contribution in [0.2, 0.25) is 0 Å². The van der Waals surface area contributed by atoms with Crippen LogP contribution >= 0.6 is 15.9 Å². The monoisotopic (exact) mass is 446 g/mol. The van der Waals surface area contributed by atoms with Gasteiger partial charge in [-0.2, -0.15) is 0 Å². The molecule has 0 bridgehead atoms. The van der Waals surface area contributed by atoms with Gasteiger partial charge in [-0.3, -0.25) is 9.59 Å². The minimum absolute atomic E-state index is 0.123. The Kier molecular flexibility index (Phi) is 8.05. The fraction of sp³-hybridized carbons (Fsp3) is 0.364. The molecule has 2 aromatic rings. The average molecular weight is 447 g/mol. The molecule has 0 saturated heterocycles. The number of amides is 2. The summed E-state index contributed by atoms with van der Waals surface area (Å²) >= 11 is 3.45. The molecule has 28 heavy (non-hydrogen) atoms. The van der Waals surface area contributed by atoms with E-state index >= 15 is 0 Å². The van der Waals surface area contributed by atoms with E-state index in [-0.39, 0.29) is 18.4 Å². The van der Waals surface area contributed by atoms with Crippen LogP contribution in [-0.2, 0) is 16.1 Å². The van der Waals surface area contributed by atoms with Crippen LogP contribution in [0.4, 0.5) is 0 Å². The molecule has 0 spiro atoms. The predicted molar refractivity (Wildman–Crippen MR) is 114 cm³/mol. The Morgan fingerprint density at radius 1 is 1.18 bits per heavy atom. The quantitative estimate of drug-likeness (QED) is 0.666. The van der Waals surface area contributed by atoms with Crippen LogP contribution in [0, 0.1) is 13.8 Å². The van der Waals surface area contributed by atoms with Crippen molar-refractivity contribution in [2.24, 2.45) is 0 Å². The number of aryl methyl sites for hydroxylation is 1. The van der Waals surface area contributed by atoms with Crippen LogP contribution in [0.5, 0.6) is 5.75 Å². The van der Waals surface area contributed by atoms with Gasteiger partial charge in [0.25, 0.3) is 5.91 Å². The van der Waals surface area contributed by atoms with Crippen LogP contribution in [-0.4, -0.2) is 35.9 Å². The molecular formula is C22H27BrN2O3. The fourth-order valence-electron chi connectivity index (χ4n) is 2.84. The van der Waals surface area contributed by atoms with Crippen LogP contribution in [0.1, 0.15) is 30.5 Å². The van der Waals surface area contributed by atoms with Gasteiger partial charge in [-0.05, 0) is 62.6 Å². The summed E-state index contributed by atoms with van der Waals surface area (Å²) in [6.07, 6.45) is 0. The summed E-state index contributed by atoms with van der Waals surface area (Å²) in [4.78, 5) is 26.9. The Hall–Kier alpha value is -2.34. The third-order valence-electron chi connectivity index (χ3n) is 4.67. The van der Waals surface area contributed by atoms with Crippen molar-refractivity contribution in [1.82, 2.24) is 10.2 Å². The summed E-state index contributed by atoms with van der Waals surface area (Å²) in [5.74, 6) is 0.263. The summed E-state index contributed by atoms with van der Waals surface area (Å²) in [5.41, 5.74) is 3.04. The molecular weight excluding hydrogens is 420 g/mol. The van der Waals surface area contributed by atoms with Gasteiger partial charge in [0, 0.05) is 17.6 Å². The molecule has 2 amide bonds.